The molecule has 0 aromatic carbocycles. The van der Waals surface area contributed by atoms with Gasteiger partial charge in [-0.25, -0.2) is 4.79 Å². The van der Waals surface area contributed by atoms with Crippen molar-refractivity contribution in [1.29, 1.82) is 0 Å². The predicted octanol–water partition coefficient (Wildman–Crippen LogP) is 2.35. The molecule has 0 radical (unpaired) electrons. The van der Waals surface area contributed by atoms with Gasteiger partial charge in [-0.2, -0.15) is 0 Å². The number of rotatable bonds is 5. The van der Waals surface area contributed by atoms with Gasteiger partial charge in [0.15, 0.2) is 0 Å². The van der Waals surface area contributed by atoms with Gasteiger partial charge in [-0.1, -0.05) is 6.08 Å². The molecule has 4 heteroatoms. The van der Waals surface area contributed by atoms with Gasteiger partial charge in [0.25, 0.3) is 0 Å². The topological polar surface area (TPSA) is 49.3 Å². The van der Waals surface area contributed by atoms with Crippen molar-refractivity contribution in [2.24, 2.45) is 0 Å². The number of carboxylic acid groups (broad SMARTS) is 1. The van der Waals surface area contributed by atoms with Crippen LogP contribution in [-0.4, -0.2) is 17.6 Å². The number of carboxylic acids is 1. The zero-order valence-electron chi connectivity index (χ0n) is 8.86. The Labute approximate surface area is 93.4 Å². The third-order valence-electron chi connectivity index (χ3n) is 1.99. The quantitative estimate of drug-likeness (QED) is 0.756. The van der Waals surface area contributed by atoms with Crippen LogP contribution in [0, 0.1) is 6.92 Å². The zero-order chi connectivity index (χ0) is 11.3. The summed E-state index contributed by atoms with van der Waals surface area (Å²) >= 11 is 1.76. The van der Waals surface area contributed by atoms with Gasteiger partial charge < -0.3 is 10.4 Å². The van der Waals surface area contributed by atoms with Crippen LogP contribution in [0.25, 0.3) is 0 Å². The molecule has 15 heavy (non-hydrogen) atoms. The van der Waals surface area contributed by atoms with Gasteiger partial charge in [-0.05, 0) is 26.0 Å². The molecule has 1 unspecified atom stereocenters. The molecule has 3 nitrogen and oxygen atoms in total. The molecule has 1 aromatic rings. The monoisotopic (exact) mass is 225 g/mol. The molecule has 0 aliphatic rings. The van der Waals surface area contributed by atoms with Crippen molar-refractivity contribution in [3.05, 3.63) is 34.0 Å². The van der Waals surface area contributed by atoms with E-state index in [1.807, 2.05) is 0 Å². The Balaban J connectivity index is 2.36. The molecular formula is C11H15NO2S. The third kappa shape index (κ3) is 4.27. The van der Waals surface area contributed by atoms with E-state index in [1.165, 1.54) is 9.75 Å². The van der Waals surface area contributed by atoms with Crippen molar-refractivity contribution in [3.63, 3.8) is 0 Å². The number of thiophene rings is 1. The van der Waals surface area contributed by atoms with Crippen LogP contribution in [-0.2, 0) is 4.79 Å². The van der Waals surface area contributed by atoms with E-state index in [4.69, 9.17) is 5.11 Å². The van der Waals surface area contributed by atoms with Gasteiger partial charge in [0.05, 0.1) is 0 Å². The van der Waals surface area contributed by atoms with Crippen molar-refractivity contribution in [2.45, 2.75) is 19.9 Å². The van der Waals surface area contributed by atoms with Gasteiger partial charge in [-0.15, -0.1) is 11.3 Å². The van der Waals surface area contributed by atoms with Gasteiger partial charge >= 0.3 is 5.97 Å². The van der Waals surface area contributed by atoms with E-state index >= 15 is 0 Å². The van der Waals surface area contributed by atoms with Crippen LogP contribution in [0.2, 0.25) is 0 Å². The highest BCUT2D eigenvalue weighted by molar-refractivity contribution is 7.12. The first-order valence-electron chi connectivity index (χ1n) is 4.79. The molecule has 1 atom stereocenters. The molecule has 0 fully saturated rings. The van der Waals surface area contributed by atoms with E-state index in [0.717, 1.165) is 6.08 Å². The molecule has 0 amide bonds. The second-order valence-electron chi connectivity index (χ2n) is 3.32. The standard InChI is InChI=1S/C11H15NO2S/c1-8-5-6-10(15-8)9(2)12-7-3-4-11(13)14/h3-6,9,12H,7H2,1-2H3,(H,13,14)/b4-3+. The fraction of sp³-hybridized carbons (Fsp3) is 0.364. The average molecular weight is 225 g/mol. The van der Waals surface area contributed by atoms with Crippen LogP contribution in [0.1, 0.15) is 22.7 Å². The lowest BCUT2D eigenvalue weighted by molar-refractivity contribution is -0.131. The van der Waals surface area contributed by atoms with Crippen LogP contribution in [0.15, 0.2) is 24.3 Å². The molecule has 0 saturated heterocycles. The molecule has 0 saturated carbocycles. The second-order valence-corrected chi connectivity index (χ2v) is 4.64. The van der Waals surface area contributed by atoms with E-state index in [-0.39, 0.29) is 6.04 Å². The summed E-state index contributed by atoms with van der Waals surface area (Å²) in [5.74, 6) is -0.906. The van der Waals surface area contributed by atoms with Gasteiger partial charge in [-0.3, -0.25) is 0 Å². The minimum absolute atomic E-state index is 0.266. The largest absolute Gasteiger partial charge is 0.478 e. The molecular weight excluding hydrogens is 210 g/mol. The molecule has 1 aromatic heterocycles. The maximum absolute atomic E-state index is 10.2. The molecule has 2 N–H and O–H groups in total. The molecule has 0 spiro atoms. The van der Waals surface area contributed by atoms with Crippen molar-refractivity contribution in [3.8, 4) is 0 Å². The minimum atomic E-state index is -0.906. The number of aliphatic carboxylic acids is 1. The van der Waals surface area contributed by atoms with Crippen LogP contribution in [0.5, 0.6) is 0 Å². The normalized spacial score (nSPS) is 13.2. The van der Waals surface area contributed by atoms with E-state index in [1.54, 1.807) is 17.4 Å². The Kier molecular flexibility index (Phi) is 4.52. The number of hydrogen-bond acceptors (Lipinski definition) is 3. The van der Waals surface area contributed by atoms with Crippen molar-refractivity contribution in [1.82, 2.24) is 5.32 Å². The summed E-state index contributed by atoms with van der Waals surface area (Å²) in [6.07, 6.45) is 2.76. The van der Waals surface area contributed by atoms with Gasteiger partial charge in [0, 0.05) is 28.4 Å². The number of carbonyl (C=O) groups is 1. The molecule has 1 heterocycles. The Hall–Kier alpha value is -1.13. The first kappa shape index (κ1) is 11.9. The van der Waals surface area contributed by atoms with Crippen LogP contribution in [0.4, 0.5) is 0 Å². The van der Waals surface area contributed by atoms with Crippen LogP contribution >= 0.6 is 11.3 Å². The lowest BCUT2D eigenvalue weighted by atomic mass is 10.2. The fourth-order valence-electron chi connectivity index (χ4n) is 1.19. The smallest absolute Gasteiger partial charge is 0.328 e. The molecule has 0 bridgehead atoms. The third-order valence-corrected chi connectivity index (χ3v) is 3.17. The Morgan fingerprint density at radius 2 is 2.40 bits per heavy atom. The Bertz CT molecular complexity index is 357. The number of hydrogen-bond donors (Lipinski definition) is 2. The predicted molar refractivity (Wildman–Crippen MR) is 62.2 cm³/mol. The summed E-state index contributed by atoms with van der Waals surface area (Å²) in [6, 6.07) is 4.45. The SMILES string of the molecule is Cc1ccc(C(C)NC/C=C/C(=O)O)s1. The van der Waals surface area contributed by atoms with Crippen molar-refractivity contribution in [2.75, 3.05) is 6.54 Å². The molecule has 1 rings (SSSR count). The summed E-state index contributed by atoms with van der Waals surface area (Å²) in [7, 11) is 0. The lowest BCUT2D eigenvalue weighted by Crippen LogP contribution is -2.17. The maximum atomic E-state index is 10.2. The Morgan fingerprint density at radius 1 is 1.67 bits per heavy atom. The minimum Gasteiger partial charge on any atom is -0.478 e. The highest BCUT2D eigenvalue weighted by Gasteiger charge is 2.05. The van der Waals surface area contributed by atoms with E-state index < -0.39 is 5.97 Å². The van der Waals surface area contributed by atoms with Crippen LogP contribution in [0.3, 0.4) is 0 Å². The zero-order valence-corrected chi connectivity index (χ0v) is 9.67. The molecule has 82 valence electrons. The van der Waals surface area contributed by atoms with Crippen LogP contribution < -0.4 is 5.32 Å². The van der Waals surface area contributed by atoms with Crippen molar-refractivity contribution < 1.29 is 9.90 Å². The van der Waals surface area contributed by atoms with Gasteiger partial charge in [0.2, 0.25) is 0 Å². The highest BCUT2D eigenvalue weighted by Crippen LogP contribution is 2.21. The second kappa shape index (κ2) is 5.68. The van der Waals surface area contributed by atoms with Crippen molar-refractivity contribution >= 4 is 17.3 Å². The highest BCUT2D eigenvalue weighted by atomic mass is 32.1. The average Bonchev–Trinajstić information content (AvgIpc) is 2.59. The molecule has 0 aliphatic heterocycles. The summed E-state index contributed by atoms with van der Waals surface area (Å²) in [5.41, 5.74) is 0. The summed E-state index contributed by atoms with van der Waals surface area (Å²) in [6.45, 7) is 4.72. The number of nitrogens with one attached hydrogen (secondary N) is 1. The van der Waals surface area contributed by atoms with E-state index in [2.05, 4.69) is 31.3 Å². The first-order valence-corrected chi connectivity index (χ1v) is 5.60. The summed E-state index contributed by atoms with van der Waals surface area (Å²) < 4.78 is 0. The summed E-state index contributed by atoms with van der Waals surface area (Å²) in [4.78, 5) is 12.8. The lowest BCUT2D eigenvalue weighted by Gasteiger charge is -2.09. The fourth-order valence-corrected chi connectivity index (χ4v) is 2.10. The Morgan fingerprint density at radius 3 is 2.93 bits per heavy atom. The van der Waals surface area contributed by atoms with E-state index in [0.29, 0.717) is 6.54 Å². The van der Waals surface area contributed by atoms with Gasteiger partial charge in [0.1, 0.15) is 0 Å². The maximum Gasteiger partial charge on any atom is 0.328 e. The summed E-state index contributed by atoms with van der Waals surface area (Å²) in [5, 5.41) is 11.6. The first-order chi connectivity index (χ1) is 7.09. The number of aryl methyl sites for hydroxylation is 1. The molecule has 0 aliphatic carbocycles. The van der Waals surface area contributed by atoms with E-state index in [9.17, 15) is 4.79 Å².